The smallest absolute Gasteiger partial charge is 0.293 e. The summed E-state index contributed by atoms with van der Waals surface area (Å²) < 4.78 is 5.29. The molecule has 0 aromatic heterocycles. The third-order valence-corrected chi connectivity index (χ3v) is 3.61. The van der Waals surface area contributed by atoms with E-state index < -0.39 is 0 Å². The zero-order chi connectivity index (χ0) is 13.9. The van der Waals surface area contributed by atoms with E-state index in [0.29, 0.717) is 12.4 Å². The molecule has 0 bridgehead atoms. The summed E-state index contributed by atoms with van der Waals surface area (Å²) in [5.74, 6) is 0.370. The van der Waals surface area contributed by atoms with Crippen molar-refractivity contribution in [1.82, 2.24) is 0 Å². The second-order valence-electron chi connectivity index (χ2n) is 5.24. The monoisotopic (exact) mass is 262 g/mol. The number of ether oxygens (including phenoxy) is 1. The second-order valence-corrected chi connectivity index (χ2v) is 5.24. The van der Waals surface area contributed by atoms with E-state index in [1.165, 1.54) is 32.1 Å². The molecule has 1 aromatic carbocycles. The molecule has 1 rings (SSSR count). The Morgan fingerprint density at radius 1 is 1.11 bits per heavy atom. The van der Waals surface area contributed by atoms with E-state index in [9.17, 15) is 4.79 Å². The predicted molar refractivity (Wildman–Crippen MR) is 78.9 cm³/mol. The van der Waals surface area contributed by atoms with Crippen molar-refractivity contribution in [1.29, 1.82) is 0 Å². The number of carbonyl (C=O) groups is 1. The van der Waals surface area contributed by atoms with Crippen LogP contribution in [-0.2, 0) is 9.53 Å². The first-order valence-corrected chi connectivity index (χ1v) is 7.43. The largest absolute Gasteiger partial charge is 0.459 e. The summed E-state index contributed by atoms with van der Waals surface area (Å²) in [6.07, 6.45) is 7.40. The van der Waals surface area contributed by atoms with Crippen LogP contribution in [0.25, 0.3) is 0 Å². The molecule has 0 aliphatic carbocycles. The minimum Gasteiger partial charge on any atom is -0.459 e. The van der Waals surface area contributed by atoms with Gasteiger partial charge in [0.15, 0.2) is 0 Å². The van der Waals surface area contributed by atoms with Gasteiger partial charge in [-0.3, -0.25) is 4.79 Å². The summed E-state index contributed by atoms with van der Waals surface area (Å²) in [7, 11) is 0. The van der Waals surface area contributed by atoms with Crippen LogP contribution in [0.1, 0.15) is 64.0 Å². The molecule has 2 unspecified atom stereocenters. The lowest BCUT2D eigenvalue weighted by molar-refractivity contribution is -0.136. The molecule has 2 heteroatoms. The molecule has 0 saturated heterocycles. The third kappa shape index (κ3) is 5.91. The van der Waals surface area contributed by atoms with Gasteiger partial charge in [-0.2, -0.15) is 0 Å². The molecule has 0 spiro atoms. The van der Waals surface area contributed by atoms with Crippen LogP contribution in [0.5, 0.6) is 0 Å². The van der Waals surface area contributed by atoms with Crippen LogP contribution in [0.3, 0.4) is 0 Å². The molecular weight excluding hydrogens is 236 g/mol. The van der Waals surface area contributed by atoms with Crippen LogP contribution in [-0.4, -0.2) is 6.47 Å². The summed E-state index contributed by atoms with van der Waals surface area (Å²) in [6.45, 7) is 4.97. The Hall–Kier alpha value is -1.31. The highest BCUT2D eigenvalue weighted by Crippen LogP contribution is 2.29. The molecule has 19 heavy (non-hydrogen) atoms. The quantitative estimate of drug-likeness (QED) is 0.443. The summed E-state index contributed by atoms with van der Waals surface area (Å²) in [5.41, 5.74) is 1.09. The SMILES string of the molecule is CCCCCCCC(C)C(OC=O)c1ccccc1. The fourth-order valence-corrected chi connectivity index (χ4v) is 2.47. The average Bonchev–Trinajstić information content (AvgIpc) is 2.45. The highest BCUT2D eigenvalue weighted by molar-refractivity contribution is 5.38. The van der Waals surface area contributed by atoms with Crippen molar-refractivity contribution in [3.63, 3.8) is 0 Å². The van der Waals surface area contributed by atoms with Crippen molar-refractivity contribution in [2.45, 2.75) is 58.5 Å². The van der Waals surface area contributed by atoms with E-state index in [1.807, 2.05) is 30.3 Å². The van der Waals surface area contributed by atoms with Crippen LogP contribution in [0.2, 0.25) is 0 Å². The van der Waals surface area contributed by atoms with E-state index in [1.54, 1.807) is 0 Å². The van der Waals surface area contributed by atoms with Gasteiger partial charge in [0.05, 0.1) is 0 Å². The molecule has 0 saturated carbocycles. The Bertz CT molecular complexity index is 334. The van der Waals surface area contributed by atoms with Gasteiger partial charge >= 0.3 is 0 Å². The number of rotatable bonds is 10. The Labute approximate surface area is 117 Å². The standard InChI is InChI=1S/C17H26O2/c1-3-4-5-6-8-11-15(2)17(19-14-18)16-12-9-7-10-13-16/h7,9-10,12-15,17H,3-6,8,11H2,1-2H3. The molecule has 0 heterocycles. The van der Waals surface area contributed by atoms with Crippen LogP contribution < -0.4 is 0 Å². The minimum absolute atomic E-state index is 0.107. The van der Waals surface area contributed by atoms with E-state index in [0.717, 1.165) is 12.0 Å². The van der Waals surface area contributed by atoms with Crippen LogP contribution in [0.15, 0.2) is 30.3 Å². The van der Waals surface area contributed by atoms with Gasteiger partial charge < -0.3 is 4.74 Å². The molecule has 1 aromatic rings. The lowest BCUT2D eigenvalue weighted by Crippen LogP contribution is -2.13. The molecular formula is C17H26O2. The van der Waals surface area contributed by atoms with Gasteiger partial charge in [-0.25, -0.2) is 0 Å². The van der Waals surface area contributed by atoms with Gasteiger partial charge in [0.2, 0.25) is 0 Å². The van der Waals surface area contributed by atoms with E-state index in [4.69, 9.17) is 4.74 Å². The highest BCUT2D eigenvalue weighted by Gasteiger charge is 2.19. The fourth-order valence-electron chi connectivity index (χ4n) is 2.47. The summed E-state index contributed by atoms with van der Waals surface area (Å²) in [6, 6.07) is 10.0. The zero-order valence-corrected chi connectivity index (χ0v) is 12.2. The summed E-state index contributed by atoms with van der Waals surface area (Å²) in [4.78, 5) is 10.7. The first-order valence-electron chi connectivity index (χ1n) is 7.43. The fraction of sp³-hybridized carbons (Fsp3) is 0.588. The maximum atomic E-state index is 10.7. The van der Waals surface area contributed by atoms with Gasteiger partial charge in [-0.15, -0.1) is 0 Å². The molecule has 0 N–H and O–H groups in total. The van der Waals surface area contributed by atoms with Gasteiger partial charge in [0.25, 0.3) is 6.47 Å². The van der Waals surface area contributed by atoms with Crippen LogP contribution in [0, 0.1) is 5.92 Å². The number of hydrogen-bond donors (Lipinski definition) is 0. The van der Waals surface area contributed by atoms with Crippen molar-refractivity contribution in [2.24, 2.45) is 5.92 Å². The highest BCUT2D eigenvalue weighted by atomic mass is 16.5. The third-order valence-electron chi connectivity index (χ3n) is 3.61. The first-order chi connectivity index (χ1) is 9.29. The van der Waals surface area contributed by atoms with E-state index in [2.05, 4.69) is 13.8 Å². The molecule has 2 nitrogen and oxygen atoms in total. The number of benzene rings is 1. The molecule has 0 aliphatic rings. The van der Waals surface area contributed by atoms with Gasteiger partial charge in [-0.1, -0.05) is 76.3 Å². The Balaban J connectivity index is 2.45. The van der Waals surface area contributed by atoms with Crippen molar-refractivity contribution < 1.29 is 9.53 Å². The van der Waals surface area contributed by atoms with Gasteiger partial charge in [-0.05, 0) is 17.9 Å². The molecule has 0 radical (unpaired) electrons. The van der Waals surface area contributed by atoms with Crippen LogP contribution in [0.4, 0.5) is 0 Å². The second kappa shape index (κ2) is 9.60. The normalized spacial score (nSPS) is 13.8. The Kier molecular flexibility index (Phi) is 7.95. The number of carbonyl (C=O) groups excluding carboxylic acids is 1. The number of unbranched alkanes of at least 4 members (excludes halogenated alkanes) is 4. The number of hydrogen-bond acceptors (Lipinski definition) is 2. The lowest BCUT2D eigenvalue weighted by atomic mass is 9.92. The predicted octanol–water partition coefficient (Wildman–Crippen LogP) is 4.90. The van der Waals surface area contributed by atoms with Gasteiger partial charge in [0.1, 0.15) is 6.10 Å². The maximum absolute atomic E-state index is 10.7. The van der Waals surface area contributed by atoms with Crippen molar-refractivity contribution in [2.75, 3.05) is 0 Å². The topological polar surface area (TPSA) is 26.3 Å². The zero-order valence-electron chi connectivity index (χ0n) is 12.2. The molecule has 0 amide bonds. The molecule has 106 valence electrons. The lowest BCUT2D eigenvalue weighted by Gasteiger charge is -2.22. The van der Waals surface area contributed by atoms with Crippen LogP contribution >= 0.6 is 0 Å². The average molecular weight is 262 g/mol. The Morgan fingerprint density at radius 3 is 2.42 bits per heavy atom. The van der Waals surface area contributed by atoms with Crippen molar-refractivity contribution >= 4 is 6.47 Å². The first kappa shape index (κ1) is 15.7. The van der Waals surface area contributed by atoms with Gasteiger partial charge in [0, 0.05) is 0 Å². The molecule has 2 atom stereocenters. The molecule has 0 fully saturated rings. The Morgan fingerprint density at radius 2 is 1.79 bits per heavy atom. The minimum atomic E-state index is -0.107. The van der Waals surface area contributed by atoms with E-state index >= 15 is 0 Å². The maximum Gasteiger partial charge on any atom is 0.293 e. The van der Waals surface area contributed by atoms with Crippen molar-refractivity contribution in [3.8, 4) is 0 Å². The summed E-state index contributed by atoms with van der Waals surface area (Å²) >= 11 is 0. The summed E-state index contributed by atoms with van der Waals surface area (Å²) in [5, 5.41) is 0. The van der Waals surface area contributed by atoms with Crippen molar-refractivity contribution in [3.05, 3.63) is 35.9 Å². The molecule has 0 aliphatic heterocycles. The van der Waals surface area contributed by atoms with E-state index in [-0.39, 0.29) is 6.10 Å².